The average Bonchev–Trinajstić information content (AvgIpc) is 3.32. The van der Waals surface area contributed by atoms with Crippen molar-refractivity contribution in [3.8, 4) is 34.0 Å². The highest BCUT2D eigenvalue weighted by Gasteiger charge is 2.34. The van der Waals surface area contributed by atoms with Crippen LogP contribution in [-0.4, -0.2) is 56.2 Å². The molecule has 0 aliphatic carbocycles. The second-order valence-electron chi connectivity index (χ2n) is 17.2. The van der Waals surface area contributed by atoms with E-state index in [9.17, 15) is 44.3 Å². The van der Waals surface area contributed by atoms with Gasteiger partial charge in [-0.3, -0.25) is 9.59 Å². The first-order valence-corrected chi connectivity index (χ1v) is 24.5. The molecule has 0 amide bonds. The molecule has 0 radical (unpaired) electrons. The molecule has 70 heavy (non-hydrogen) atoms. The van der Waals surface area contributed by atoms with E-state index in [1.165, 1.54) is 25.5 Å². The van der Waals surface area contributed by atoms with Crippen molar-refractivity contribution in [1.29, 1.82) is 0 Å². The molecule has 2 unspecified atom stereocenters. The number of ketones is 2. The minimum Gasteiger partial charge on any atom is -0.496 e. The van der Waals surface area contributed by atoms with Crippen LogP contribution >= 0.6 is 0 Å². The Bertz CT molecular complexity index is 2920. The third kappa shape index (κ3) is 14.8. The number of sulfone groups is 1. The van der Waals surface area contributed by atoms with Crippen LogP contribution in [0.4, 0.5) is 26.3 Å². The van der Waals surface area contributed by atoms with E-state index in [-0.39, 0.29) is 54.4 Å². The zero-order valence-corrected chi connectivity index (χ0v) is 40.9. The highest BCUT2D eigenvalue weighted by atomic mass is 32.2. The SMILES string of the molecule is COc1cc(C(C)C(=O)CCc2ccc(C(F)(F)F)nc2-c2cccc(C)c2)ccc1CCS(C)(=O)=O.COc1cc(C(C)C(=O)CCc2ccc(C(F)(F)F)nc2-c2cccc(C)c2)ccc1CN. The van der Waals surface area contributed by atoms with Gasteiger partial charge >= 0.3 is 12.4 Å². The van der Waals surface area contributed by atoms with Gasteiger partial charge in [-0.25, -0.2) is 18.4 Å². The van der Waals surface area contributed by atoms with Crippen molar-refractivity contribution in [2.75, 3.05) is 26.2 Å². The molecule has 0 saturated heterocycles. The number of halogens is 6. The number of Topliss-reactive ketones (excluding diaryl/α,β-unsaturated/α-hetero) is 2. The fourth-order valence-corrected chi connectivity index (χ4v) is 8.42. The van der Waals surface area contributed by atoms with Gasteiger partial charge in [-0.15, -0.1) is 0 Å². The lowest BCUT2D eigenvalue weighted by atomic mass is 9.91. The number of carbonyl (C=O) groups excluding carboxylic acids is 2. The number of hydrogen-bond acceptors (Lipinski definition) is 9. The van der Waals surface area contributed by atoms with Crippen LogP contribution in [0.3, 0.4) is 0 Å². The smallest absolute Gasteiger partial charge is 0.433 e. The van der Waals surface area contributed by atoms with Crippen molar-refractivity contribution in [2.24, 2.45) is 5.73 Å². The van der Waals surface area contributed by atoms with Crippen LogP contribution in [0.5, 0.6) is 11.5 Å². The first kappa shape index (κ1) is 54.5. The highest BCUT2D eigenvalue weighted by molar-refractivity contribution is 7.90. The fourth-order valence-electron chi connectivity index (χ4n) is 7.83. The number of hydrogen-bond donors (Lipinski definition) is 1. The molecule has 0 fully saturated rings. The lowest BCUT2D eigenvalue weighted by Crippen LogP contribution is -2.13. The molecule has 2 heterocycles. The minimum absolute atomic E-state index is 0.0123. The topological polar surface area (TPSA) is 139 Å². The zero-order chi connectivity index (χ0) is 51.6. The maximum atomic E-state index is 13.3. The summed E-state index contributed by atoms with van der Waals surface area (Å²) in [4.78, 5) is 33.8. The number of aryl methyl sites for hydroxylation is 5. The molecule has 6 rings (SSSR count). The van der Waals surface area contributed by atoms with Crippen molar-refractivity contribution in [1.82, 2.24) is 9.97 Å². The third-order valence-electron chi connectivity index (χ3n) is 12.0. The molecule has 0 spiro atoms. The molecule has 4 aromatic carbocycles. The predicted molar refractivity (Wildman–Crippen MR) is 260 cm³/mol. The van der Waals surface area contributed by atoms with Crippen molar-refractivity contribution >= 4 is 21.4 Å². The molecule has 0 bridgehead atoms. The molecule has 0 aliphatic heterocycles. The summed E-state index contributed by atoms with van der Waals surface area (Å²) in [5, 5.41) is 0. The number of aromatic nitrogens is 2. The van der Waals surface area contributed by atoms with Crippen molar-refractivity contribution in [2.45, 2.75) is 90.5 Å². The Morgan fingerprint density at radius 1 is 0.586 bits per heavy atom. The van der Waals surface area contributed by atoms with Gasteiger partial charge < -0.3 is 15.2 Å². The Balaban J connectivity index is 0.000000262. The summed E-state index contributed by atoms with van der Waals surface area (Å²) >= 11 is 0. The summed E-state index contributed by atoms with van der Waals surface area (Å²) in [5.41, 5.74) is 11.5. The van der Waals surface area contributed by atoms with Gasteiger partial charge in [0.2, 0.25) is 0 Å². The van der Waals surface area contributed by atoms with Crippen molar-refractivity contribution in [3.05, 3.63) is 165 Å². The monoisotopic (exact) mass is 989 g/mol. The molecule has 0 aliphatic rings. The normalized spacial score (nSPS) is 12.7. The molecule has 2 aromatic heterocycles. The second-order valence-corrected chi connectivity index (χ2v) is 19.5. The first-order valence-electron chi connectivity index (χ1n) is 22.5. The van der Waals surface area contributed by atoms with Crippen LogP contribution < -0.4 is 15.2 Å². The minimum atomic E-state index is -4.58. The van der Waals surface area contributed by atoms with Gasteiger partial charge in [0, 0.05) is 54.2 Å². The number of carbonyl (C=O) groups is 2. The van der Waals surface area contributed by atoms with E-state index in [1.54, 1.807) is 68.6 Å². The molecule has 0 saturated carbocycles. The molecule has 372 valence electrons. The van der Waals surface area contributed by atoms with E-state index in [4.69, 9.17) is 15.2 Å². The van der Waals surface area contributed by atoms with Crippen LogP contribution in [0.15, 0.2) is 109 Å². The average molecular weight is 990 g/mol. The van der Waals surface area contributed by atoms with Gasteiger partial charge in [-0.1, -0.05) is 97.8 Å². The highest BCUT2D eigenvalue weighted by Crippen LogP contribution is 2.35. The number of nitrogens with zero attached hydrogens (tertiary/aromatic N) is 2. The molecule has 6 aromatic rings. The van der Waals surface area contributed by atoms with Crippen LogP contribution in [0, 0.1) is 13.8 Å². The van der Waals surface area contributed by atoms with Crippen molar-refractivity contribution < 1.29 is 53.8 Å². The van der Waals surface area contributed by atoms with Gasteiger partial charge in [-0.05, 0) is 97.3 Å². The quantitative estimate of drug-likeness (QED) is 0.0834. The zero-order valence-electron chi connectivity index (χ0n) is 40.1. The third-order valence-corrected chi connectivity index (χ3v) is 12.9. The first-order chi connectivity index (χ1) is 32.9. The van der Waals surface area contributed by atoms with E-state index in [0.29, 0.717) is 46.7 Å². The summed E-state index contributed by atoms with van der Waals surface area (Å²) < 4.78 is 114. The lowest BCUT2D eigenvalue weighted by Gasteiger charge is -2.16. The summed E-state index contributed by atoms with van der Waals surface area (Å²) in [5.74, 6) is 0.145. The second kappa shape index (κ2) is 23.5. The Kier molecular flexibility index (Phi) is 18.3. The van der Waals surface area contributed by atoms with Gasteiger partial charge in [0.15, 0.2) is 0 Å². The van der Waals surface area contributed by atoms with E-state index in [1.807, 2.05) is 51.1 Å². The summed E-state index contributed by atoms with van der Waals surface area (Å²) in [6, 6.07) is 29.8. The Morgan fingerprint density at radius 3 is 1.36 bits per heavy atom. The van der Waals surface area contributed by atoms with Crippen molar-refractivity contribution in [3.63, 3.8) is 0 Å². The Hall–Kier alpha value is -6.39. The maximum Gasteiger partial charge on any atom is 0.433 e. The number of pyridine rings is 2. The Labute approximate surface area is 405 Å². The summed E-state index contributed by atoms with van der Waals surface area (Å²) in [7, 11) is -0.0983. The molecule has 9 nitrogen and oxygen atoms in total. The van der Waals surface area contributed by atoms with Gasteiger partial charge in [-0.2, -0.15) is 26.3 Å². The molecular weight excluding hydrogens is 933 g/mol. The molecule has 2 N–H and O–H groups in total. The molecule has 2 atom stereocenters. The maximum absolute atomic E-state index is 13.3. The van der Waals surface area contributed by atoms with Crippen LogP contribution in [0.2, 0.25) is 0 Å². The number of rotatable bonds is 18. The summed E-state index contributed by atoms with van der Waals surface area (Å²) in [6.07, 6.45) is -6.83. The van der Waals surface area contributed by atoms with Crippen LogP contribution in [0.1, 0.15) is 94.4 Å². The van der Waals surface area contributed by atoms with Gasteiger partial charge in [0.25, 0.3) is 0 Å². The summed E-state index contributed by atoms with van der Waals surface area (Å²) in [6.45, 7) is 7.62. The Morgan fingerprint density at radius 2 is 0.986 bits per heavy atom. The number of methoxy groups -OCH3 is 2. The van der Waals surface area contributed by atoms with Gasteiger partial charge in [0.1, 0.15) is 44.3 Å². The van der Waals surface area contributed by atoms with E-state index in [2.05, 4.69) is 9.97 Å². The van der Waals surface area contributed by atoms with Crippen LogP contribution in [0.25, 0.3) is 22.5 Å². The molecule has 16 heteroatoms. The lowest BCUT2D eigenvalue weighted by molar-refractivity contribution is -0.141. The van der Waals surface area contributed by atoms with E-state index in [0.717, 1.165) is 45.5 Å². The van der Waals surface area contributed by atoms with Crippen LogP contribution in [-0.2, 0) is 57.6 Å². The number of alkyl halides is 6. The number of nitrogens with two attached hydrogens (primary N) is 1. The predicted octanol–water partition coefficient (Wildman–Crippen LogP) is 11.8. The van der Waals surface area contributed by atoms with E-state index < -0.39 is 45.4 Å². The largest absolute Gasteiger partial charge is 0.496 e. The fraction of sp³-hybridized carbons (Fsp3) is 0.333. The van der Waals surface area contributed by atoms with E-state index >= 15 is 0 Å². The van der Waals surface area contributed by atoms with Gasteiger partial charge in [0.05, 0.1) is 31.4 Å². The molecular formula is C54H57F6N3O6S. The number of ether oxygens (including phenoxy) is 2. The standard InChI is InChI=1S/C28H30F3NO4S.C26H27F3N2O2/c1-18-6-5-7-23(16-18)27-21(11-13-26(32-27)28(29,30)31)10-12-24(33)19(2)22-9-8-20(25(17-22)36-3)14-15-37(4,34)35;1-16-5-4-6-20(13-16)25-18(10-12-24(31-25)26(27,28)29)9-11-22(32)17(2)19-7-8-21(15-30)23(14-19)33-3/h5-9,11,13,16-17,19H,10,12,14-15H2,1-4H3;4-8,10,12-14,17H,9,11,15,30H2,1-3H3. The number of benzene rings is 4.